The Morgan fingerprint density at radius 2 is 1.96 bits per heavy atom. The van der Waals surface area contributed by atoms with Crippen LogP contribution in [0.2, 0.25) is 0 Å². The van der Waals surface area contributed by atoms with Crippen LogP contribution < -0.4 is 5.32 Å². The van der Waals surface area contributed by atoms with Gasteiger partial charge in [0.05, 0.1) is 13.1 Å². The van der Waals surface area contributed by atoms with Crippen LogP contribution in [0.15, 0.2) is 15.1 Å². The number of hydrogen-bond acceptors (Lipinski definition) is 8. The number of carbonyl (C=O) groups is 1. The molecule has 1 aliphatic rings. The lowest BCUT2D eigenvalue weighted by Gasteiger charge is -2.20. The number of aromatic nitrogens is 3. The SMILES string of the molecule is Cc1cc(NC(=O)CN2CCCN(Cc3noc(C)n3)CC2)no1. The first kappa shape index (κ1) is 16.6. The average molecular weight is 334 g/mol. The van der Waals surface area contributed by atoms with Gasteiger partial charge in [0.2, 0.25) is 11.8 Å². The minimum absolute atomic E-state index is 0.0782. The van der Waals surface area contributed by atoms with Crippen LogP contribution in [0.1, 0.15) is 23.9 Å². The Balaban J connectivity index is 1.45. The van der Waals surface area contributed by atoms with Crippen LogP contribution in [0, 0.1) is 13.8 Å². The Morgan fingerprint density at radius 1 is 1.17 bits per heavy atom. The second kappa shape index (κ2) is 7.54. The van der Waals surface area contributed by atoms with E-state index in [1.807, 2.05) is 0 Å². The van der Waals surface area contributed by atoms with Gasteiger partial charge in [-0.15, -0.1) is 0 Å². The molecule has 0 aliphatic carbocycles. The van der Waals surface area contributed by atoms with Crippen LogP contribution >= 0.6 is 0 Å². The lowest BCUT2D eigenvalue weighted by Crippen LogP contribution is -2.36. The normalized spacial score (nSPS) is 16.9. The van der Waals surface area contributed by atoms with E-state index in [2.05, 4.69) is 30.4 Å². The molecule has 3 heterocycles. The molecule has 1 N–H and O–H groups in total. The van der Waals surface area contributed by atoms with Crippen molar-refractivity contribution in [3.63, 3.8) is 0 Å². The molecule has 9 heteroatoms. The molecule has 2 aromatic heterocycles. The van der Waals surface area contributed by atoms with E-state index < -0.39 is 0 Å². The molecular formula is C15H22N6O3. The second-order valence-corrected chi connectivity index (χ2v) is 6.01. The Bertz CT molecular complexity index is 682. The van der Waals surface area contributed by atoms with Gasteiger partial charge in [0.1, 0.15) is 5.76 Å². The Labute approximate surface area is 140 Å². The molecule has 0 atom stereocenters. The Hall–Kier alpha value is -2.26. The second-order valence-electron chi connectivity index (χ2n) is 6.01. The van der Waals surface area contributed by atoms with Crippen LogP contribution in [0.5, 0.6) is 0 Å². The molecule has 130 valence electrons. The number of anilines is 1. The van der Waals surface area contributed by atoms with Crippen molar-refractivity contribution in [2.45, 2.75) is 26.8 Å². The van der Waals surface area contributed by atoms with Crippen molar-refractivity contribution in [1.29, 1.82) is 0 Å². The number of hydrogen-bond donors (Lipinski definition) is 1. The maximum absolute atomic E-state index is 12.1. The number of amides is 1. The molecule has 0 radical (unpaired) electrons. The van der Waals surface area contributed by atoms with Crippen molar-refractivity contribution in [1.82, 2.24) is 25.1 Å². The minimum atomic E-state index is -0.0782. The van der Waals surface area contributed by atoms with Crippen molar-refractivity contribution in [2.24, 2.45) is 0 Å². The van der Waals surface area contributed by atoms with E-state index in [4.69, 9.17) is 9.05 Å². The third-order valence-corrected chi connectivity index (χ3v) is 3.88. The van der Waals surface area contributed by atoms with Gasteiger partial charge in [0.15, 0.2) is 11.6 Å². The largest absolute Gasteiger partial charge is 0.360 e. The standard InChI is InChI=1S/C15H22N6O3/c1-11-8-13(18-23-11)17-15(22)10-21-5-3-4-20(6-7-21)9-14-16-12(2)24-19-14/h8H,3-7,9-10H2,1-2H3,(H,17,18,22). The quantitative estimate of drug-likeness (QED) is 0.858. The fraction of sp³-hybridized carbons (Fsp3) is 0.600. The summed E-state index contributed by atoms with van der Waals surface area (Å²) in [6.07, 6.45) is 0.993. The Morgan fingerprint density at radius 3 is 2.67 bits per heavy atom. The molecule has 0 aromatic carbocycles. The van der Waals surface area contributed by atoms with Gasteiger partial charge in [0, 0.05) is 26.1 Å². The number of aryl methyl sites for hydroxylation is 2. The highest BCUT2D eigenvalue weighted by molar-refractivity contribution is 5.91. The Kier molecular flexibility index (Phi) is 5.21. The molecule has 1 aliphatic heterocycles. The van der Waals surface area contributed by atoms with Gasteiger partial charge in [-0.25, -0.2) is 0 Å². The van der Waals surface area contributed by atoms with Gasteiger partial charge in [-0.2, -0.15) is 4.98 Å². The van der Waals surface area contributed by atoms with Gasteiger partial charge < -0.3 is 14.4 Å². The van der Waals surface area contributed by atoms with E-state index in [-0.39, 0.29) is 5.91 Å². The number of nitrogens with zero attached hydrogens (tertiary/aromatic N) is 5. The minimum Gasteiger partial charge on any atom is -0.360 e. The van der Waals surface area contributed by atoms with E-state index in [0.29, 0.717) is 36.4 Å². The van der Waals surface area contributed by atoms with Crippen molar-refractivity contribution in [2.75, 3.05) is 38.0 Å². The zero-order chi connectivity index (χ0) is 16.9. The predicted molar refractivity (Wildman–Crippen MR) is 85.2 cm³/mol. The lowest BCUT2D eigenvalue weighted by atomic mass is 10.3. The van der Waals surface area contributed by atoms with Gasteiger partial charge in [-0.05, 0) is 26.4 Å². The first-order chi connectivity index (χ1) is 11.6. The number of rotatable bonds is 5. The van der Waals surface area contributed by atoms with Crippen molar-refractivity contribution < 1.29 is 13.8 Å². The third-order valence-electron chi connectivity index (χ3n) is 3.88. The van der Waals surface area contributed by atoms with E-state index in [9.17, 15) is 4.79 Å². The summed E-state index contributed by atoms with van der Waals surface area (Å²) in [4.78, 5) is 20.8. The van der Waals surface area contributed by atoms with Crippen LogP contribution in [-0.2, 0) is 11.3 Å². The van der Waals surface area contributed by atoms with Crippen LogP contribution in [0.3, 0.4) is 0 Å². The summed E-state index contributed by atoms with van der Waals surface area (Å²) in [5, 5.41) is 10.5. The topological polar surface area (TPSA) is 101 Å². The summed E-state index contributed by atoms with van der Waals surface area (Å²) in [5.74, 6) is 2.35. The highest BCUT2D eigenvalue weighted by atomic mass is 16.5. The van der Waals surface area contributed by atoms with Gasteiger partial charge in [-0.3, -0.25) is 14.6 Å². The molecule has 1 fully saturated rings. The van der Waals surface area contributed by atoms with Gasteiger partial charge >= 0.3 is 0 Å². The molecule has 2 aromatic rings. The summed E-state index contributed by atoms with van der Waals surface area (Å²) in [6.45, 7) is 8.12. The third kappa shape index (κ3) is 4.62. The molecule has 1 amide bonds. The zero-order valence-electron chi connectivity index (χ0n) is 14.0. The molecule has 3 rings (SSSR count). The fourth-order valence-electron chi connectivity index (χ4n) is 2.76. The summed E-state index contributed by atoms with van der Waals surface area (Å²) >= 11 is 0. The van der Waals surface area contributed by atoms with Gasteiger partial charge in [-0.1, -0.05) is 10.3 Å². The summed E-state index contributed by atoms with van der Waals surface area (Å²) < 4.78 is 9.95. The fourth-order valence-corrected chi connectivity index (χ4v) is 2.76. The van der Waals surface area contributed by atoms with Gasteiger partial charge in [0.25, 0.3) is 0 Å². The molecule has 9 nitrogen and oxygen atoms in total. The first-order valence-electron chi connectivity index (χ1n) is 8.05. The molecule has 1 saturated heterocycles. The van der Waals surface area contributed by atoms with E-state index in [1.54, 1.807) is 19.9 Å². The summed E-state index contributed by atoms with van der Waals surface area (Å²) in [6, 6.07) is 1.70. The van der Waals surface area contributed by atoms with Crippen LogP contribution in [-0.4, -0.2) is 63.7 Å². The highest BCUT2D eigenvalue weighted by Crippen LogP contribution is 2.09. The monoisotopic (exact) mass is 334 g/mol. The molecular weight excluding hydrogens is 312 g/mol. The first-order valence-corrected chi connectivity index (χ1v) is 8.05. The van der Waals surface area contributed by atoms with E-state index in [0.717, 1.165) is 32.6 Å². The summed E-state index contributed by atoms with van der Waals surface area (Å²) in [5.41, 5.74) is 0. The number of carbonyl (C=O) groups excluding carboxylic acids is 1. The number of nitrogens with one attached hydrogen (secondary N) is 1. The molecule has 0 unspecified atom stereocenters. The zero-order valence-corrected chi connectivity index (χ0v) is 14.0. The maximum Gasteiger partial charge on any atom is 0.239 e. The highest BCUT2D eigenvalue weighted by Gasteiger charge is 2.19. The van der Waals surface area contributed by atoms with E-state index >= 15 is 0 Å². The molecule has 0 spiro atoms. The van der Waals surface area contributed by atoms with Crippen LogP contribution in [0.25, 0.3) is 0 Å². The lowest BCUT2D eigenvalue weighted by molar-refractivity contribution is -0.117. The van der Waals surface area contributed by atoms with Crippen molar-refractivity contribution >= 4 is 11.7 Å². The average Bonchev–Trinajstić information content (AvgIpc) is 3.05. The smallest absolute Gasteiger partial charge is 0.239 e. The molecule has 24 heavy (non-hydrogen) atoms. The maximum atomic E-state index is 12.1. The molecule has 0 saturated carbocycles. The summed E-state index contributed by atoms with van der Waals surface area (Å²) in [7, 11) is 0. The molecule has 0 bridgehead atoms. The van der Waals surface area contributed by atoms with Crippen molar-refractivity contribution in [3.05, 3.63) is 23.5 Å². The van der Waals surface area contributed by atoms with E-state index in [1.165, 1.54) is 0 Å². The predicted octanol–water partition coefficient (Wildman–Crippen LogP) is 0.821. The van der Waals surface area contributed by atoms with Crippen molar-refractivity contribution in [3.8, 4) is 0 Å². The van der Waals surface area contributed by atoms with Crippen LogP contribution in [0.4, 0.5) is 5.82 Å².